The molecule has 7 heteroatoms. The van der Waals surface area contributed by atoms with Crippen LogP contribution in [0.4, 0.5) is 5.95 Å². The Hall–Kier alpha value is -1.24. The number of carbonyl (C=O) groups excluding carboxylic acids is 1. The average molecular weight is 241 g/mol. The standard InChI is InChI=1S/C9H15N5OS/c1-7-4-13(2-3-16-7)8(15)5-14-6-11-9(10)12-14/h6-7H,2-5H2,1H3,(H2,10,12). The van der Waals surface area contributed by atoms with Gasteiger partial charge in [-0.25, -0.2) is 9.67 Å². The Morgan fingerprint density at radius 2 is 2.56 bits per heavy atom. The number of rotatable bonds is 2. The molecule has 16 heavy (non-hydrogen) atoms. The minimum Gasteiger partial charge on any atom is -0.367 e. The van der Waals surface area contributed by atoms with E-state index in [0.29, 0.717) is 5.25 Å². The highest BCUT2D eigenvalue weighted by atomic mass is 32.2. The molecule has 0 aromatic carbocycles. The van der Waals surface area contributed by atoms with E-state index in [1.807, 2.05) is 16.7 Å². The van der Waals surface area contributed by atoms with Crippen LogP contribution in [0.1, 0.15) is 6.92 Å². The van der Waals surface area contributed by atoms with E-state index in [-0.39, 0.29) is 18.4 Å². The largest absolute Gasteiger partial charge is 0.367 e. The Labute approximate surface area is 98.2 Å². The molecule has 6 nitrogen and oxygen atoms in total. The van der Waals surface area contributed by atoms with Crippen LogP contribution in [0.2, 0.25) is 0 Å². The molecule has 0 aliphatic carbocycles. The second-order valence-electron chi connectivity index (χ2n) is 3.82. The summed E-state index contributed by atoms with van der Waals surface area (Å²) in [5.41, 5.74) is 5.38. The van der Waals surface area contributed by atoms with Crippen LogP contribution in [0.5, 0.6) is 0 Å². The smallest absolute Gasteiger partial charge is 0.244 e. The van der Waals surface area contributed by atoms with Crippen LogP contribution in [0.3, 0.4) is 0 Å². The first-order valence-electron chi connectivity index (χ1n) is 5.19. The number of carbonyl (C=O) groups is 1. The van der Waals surface area contributed by atoms with E-state index in [1.54, 1.807) is 0 Å². The van der Waals surface area contributed by atoms with Gasteiger partial charge >= 0.3 is 0 Å². The molecule has 1 amide bonds. The van der Waals surface area contributed by atoms with Gasteiger partial charge in [-0.05, 0) is 0 Å². The first kappa shape index (κ1) is 11.3. The van der Waals surface area contributed by atoms with Gasteiger partial charge in [-0.15, -0.1) is 5.10 Å². The molecular weight excluding hydrogens is 226 g/mol. The van der Waals surface area contributed by atoms with E-state index in [2.05, 4.69) is 17.0 Å². The van der Waals surface area contributed by atoms with Crippen molar-refractivity contribution in [2.75, 3.05) is 24.6 Å². The number of anilines is 1. The summed E-state index contributed by atoms with van der Waals surface area (Å²) in [6.07, 6.45) is 1.48. The van der Waals surface area contributed by atoms with Crippen molar-refractivity contribution >= 4 is 23.6 Å². The summed E-state index contributed by atoms with van der Waals surface area (Å²) in [5, 5.41) is 4.41. The zero-order valence-corrected chi connectivity index (χ0v) is 9.98. The molecule has 1 aliphatic rings. The van der Waals surface area contributed by atoms with Gasteiger partial charge in [-0.2, -0.15) is 11.8 Å². The highest BCUT2D eigenvalue weighted by Crippen LogP contribution is 2.17. The second kappa shape index (κ2) is 4.73. The molecule has 1 atom stereocenters. The summed E-state index contributed by atoms with van der Waals surface area (Å²) in [6.45, 7) is 3.99. The van der Waals surface area contributed by atoms with Crippen LogP contribution in [0.15, 0.2) is 6.33 Å². The molecule has 1 aromatic heterocycles. The fourth-order valence-corrected chi connectivity index (χ4v) is 2.68. The molecule has 0 radical (unpaired) electrons. The number of thioether (sulfide) groups is 1. The van der Waals surface area contributed by atoms with E-state index >= 15 is 0 Å². The summed E-state index contributed by atoms with van der Waals surface area (Å²) in [7, 11) is 0. The van der Waals surface area contributed by atoms with Gasteiger partial charge in [-0.1, -0.05) is 6.92 Å². The van der Waals surface area contributed by atoms with Gasteiger partial charge in [0, 0.05) is 24.1 Å². The van der Waals surface area contributed by atoms with Crippen molar-refractivity contribution in [3.63, 3.8) is 0 Å². The van der Waals surface area contributed by atoms with Crippen LogP contribution in [-0.4, -0.2) is 49.7 Å². The summed E-state index contributed by atoms with van der Waals surface area (Å²) in [5.74, 6) is 1.29. The summed E-state index contributed by atoms with van der Waals surface area (Å²) in [6, 6.07) is 0. The molecule has 1 fully saturated rings. The van der Waals surface area contributed by atoms with Gasteiger partial charge in [-0.3, -0.25) is 4.79 Å². The molecule has 2 N–H and O–H groups in total. The lowest BCUT2D eigenvalue weighted by molar-refractivity contribution is -0.131. The van der Waals surface area contributed by atoms with Crippen molar-refractivity contribution in [1.29, 1.82) is 0 Å². The van der Waals surface area contributed by atoms with Crippen molar-refractivity contribution < 1.29 is 4.79 Å². The Morgan fingerprint density at radius 3 is 3.19 bits per heavy atom. The number of nitrogens with two attached hydrogens (primary N) is 1. The summed E-state index contributed by atoms with van der Waals surface area (Å²) >= 11 is 1.90. The molecule has 2 heterocycles. The number of hydrogen-bond acceptors (Lipinski definition) is 5. The van der Waals surface area contributed by atoms with Crippen LogP contribution in [0, 0.1) is 0 Å². The van der Waals surface area contributed by atoms with Gasteiger partial charge in [0.15, 0.2) is 0 Å². The van der Waals surface area contributed by atoms with Crippen LogP contribution in [-0.2, 0) is 11.3 Å². The van der Waals surface area contributed by atoms with Gasteiger partial charge < -0.3 is 10.6 Å². The monoisotopic (exact) mass is 241 g/mol. The molecule has 1 saturated heterocycles. The normalized spacial score (nSPS) is 21.1. The van der Waals surface area contributed by atoms with Crippen LogP contribution >= 0.6 is 11.8 Å². The maximum atomic E-state index is 11.9. The fourth-order valence-electron chi connectivity index (χ4n) is 1.67. The number of amides is 1. The third-order valence-corrected chi connectivity index (χ3v) is 3.58. The van der Waals surface area contributed by atoms with E-state index < -0.39 is 0 Å². The van der Waals surface area contributed by atoms with Crippen LogP contribution in [0.25, 0.3) is 0 Å². The molecule has 0 saturated carbocycles. The maximum Gasteiger partial charge on any atom is 0.244 e. The predicted molar refractivity (Wildman–Crippen MR) is 62.9 cm³/mol. The zero-order chi connectivity index (χ0) is 11.5. The Bertz CT molecular complexity index is 380. The molecule has 88 valence electrons. The topological polar surface area (TPSA) is 77.0 Å². The highest BCUT2D eigenvalue weighted by Gasteiger charge is 2.21. The van der Waals surface area contributed by atoms with E-state index in [4.69, 9.17) is 5.73 Å². The molecule has 0 bridgehead atoms. The average Bonchev–Trinajstić information content (AvgIpc) is 2.64. The SMILES string of the molecule is CC1CN(C(=O)Cn2cnc(N)n2)CCS1. The van der Waals surface area contributed by atoms with Crippen molar-refractivity contribution in [3.8, 4) is 0 Å². The van der Waals surface area contributed by atoms with Gasteiger partial charge in [0.1, 0.15) is 12.9 Å². The number of nitrogen functional groups attached to an aromatic ring is 1. The molecule has 1 unspecified atom stereocenters. The molecule has 2 rings (SSSR count). The minimum atomic E-state index is 0.0806. The Morgan fingerprint density at radius 1 is 1.75 bits per heavy atom. The Kier molecular flexibility index (Phi) is 3.33. The second-order valence-corrected chi connectivity index (χ2v) is 5.37. The molecule has 0 spiro atoms. The Balaban J connectivity index is 1.92. The van der Waals surface area contributed by atoms with E-state index in [1.165, 1.54) is 11.0 Å². The number of aromatic nitrogens is 3. The van der Waals surface area contributed by atoms with Gasteiger partial charge in [0.2, 0.25) is 11.9 Å². The van der Waals surface area contributed by atoms with Crippen LogP contribution < -0.4 is 5.73 Å². The van der Waals surface area contributed by atoms with Crippen molar-refractivity contribution in [1.82, 2.24) is 19.7 Å². The van der Waals surface area contributed by atoms with E-state index in [0.717, 1.165) is 18.8 Å². The van der Waals surface area contributed by atoms with Gasteiger partial charge in [0.25, 0.3) is 0 Å². The van der Waals surface area contributed by atoms with Crippen molar-refractivity contribution in [2.24, 2.45) is 0 Å². The van der Waals surface area contributed by atoms with Crippen molar-refractivity contribution in [3.05, 3.63) is 6.33 Å². The fraction of sp³-hybridized carbons (Fsp3) is 0.667. The quantitative estimate of drug-likeness (QED) is 0.777. The van der Waals surface area contributed by atoms with Gasteiger partial charge in [0.05, 0.1) is 0 Å². The summed E-state index contributed by atoms with van der Waals surface area (Å²) < 4.78 is 1.48. The van der Waals surface area contributed by atoms with E-state index in [9.17, 15) is 4.79 Å². The van der Waals surface area contributed by atoms with Crippen molar-refractivity contribution in [2.45, 2.75) is 18.7 Å². The maximum absolute atomic E-state index is 11.9. The minimum absolute atomic E-state index is 0.0806. The first-order valence-corrected chi connectivity index (χ1v) is 6.24. The third kappa shape index (κ3) is 2.66. The summed E-state index contributed by atoms with van der Waals surface area (Å²) in [4.78, 5) is 17.6. The lowest BCUT2D eigenvalue weighted by Gasteiger charge is -2.30. The molecular formula is C9H15N5OS. The lowest BCUT2D eigenvalue weighted by Crippen LogP contribution is -2.42. The zero-order valence-electron chi connectivity index (χ0n) is 9.17. The predicted octanol–water partition coefficient (Wildman–Crippen LogP) is -0.176. The number of hydrogen-bond donors (Lipinski definition) is 1. The number of nitrogens with zero attached hydrogens (tertiary/aromatic N) is 4. The third-order valence-electron chi connectivity index (χ3n) is 2.45. The first-order chi connectivity index (χ1) is 7.65. The molecule has 1 aromatic rings. The molecule has 1 aliphatic heterocycles. The lowest BCUT2D eigenvalue weighted by atomic mass is 10.3. The highest BCUT2D eigenvalue weighted by molar-refractivity contribution is 7.99.